The predicted octanol–water partition coefficient (Wildman–Crippen LogP) is 3.27. The Morgan fingerprint density at radius 2 is 1.73 bits per heavy atom. The number of amides is 1. The third-order valence-electron chi connectivity index (χ3n) is 5.39. The summed E-state index contributed by atoms with van der Waals surface area (Å²) in [5.74, 6) is -1.30. The zero-order valence-corrected chi connectivity index (χ0v) is 21.0. The lowest BCUT2D eigenvalue weighted by Crippen LogP contribution is -2.35. The van der Waals surface area contributed by atoms with E-state index in [1.54, 1.807) is 18.2 Å². The molecule has 2 heterocycles. The number of alkyl halides is 3. The van der Waals surface area contributed by atoms with Gasteiger partial charge in [0.1, 0.15) is 29.9 Å². The Bertz CT molecular complexity index is 1470. The van der Waals surface area contributed by atoms with Crippen LogP contribution < -0.4 is 16.0 Å². The zero-order valence-electron chi connectivity index (χ0n) is 20.2. The highest BCUT2D eigenvalue weighted by Gasteiger charge is 2.34. The van der Waals surface area contributed by atoms with Gasteiger partial charge in [-0.05, 0) is 42.5 Å². The summed E-state index contributed by atoms with van der Waals surface area (Å²) in [6.07, 6.45) is -6.10. The summed E-state index contributed by atoms with van der Waals surface area (Å²) < 4.78 is 56.5. The van der Waals surface area contributed by atoms with E-state index in [1.807, 2.05) is 0 Å². The summed E-state index contributed by atoms with van der Waals surface area (Å²) in [6, 6.07) is 10.2. The summed E-state index contributed by atoms with van der Waals surface area (Å²) in [7, 11) is 0. The minimum atomic E-state index is -4.88. The Kier molecular flexibility index (Phi) is 8.83. The van der Waals surface area contributed by atoms with Crippen molar-refractivity contribution >= 4 is 39.9 Å². The van der Waals surface area contributed by atoms with Crippen LogP contribution in [0.1, 0.15) is 15.9 Å². The van der Waals surface area contributed by atoms with E-state index in [0.29, 0.717) is 29.5 Å². The van der Waals surface area contributed by atoms with Crippen LogP contribution >= 0.6 is 11.5 Å². The summed E-state index contributed by atoms with van der Waals surface area (Å²) in [4.78, 5) is 24.8. The maximum absolute atomic E-state index is 13.6. The molecule has 0 aliphatic rings. The highest BCUT2D eigenvalue weighted by Crippen LogP contribution is 2.34. The number of hydrogen-bond donors (Lipinski definition) is 6. The van der Waals surface area contributed by atoms with Crippen LogP contribution in [-0.4, -0.2) is 65.9 Å². The van der Waals surface area contributed by atoms with E-state index in [-0.39, 0.29) is 28.6 Å². The fourth-order valence-corrected chi connectivity index (χ4v) is 3.87. The molecule has 4 aromatic rings. The van der Waals surface area contributed by atoms with Crippen molar-refractivity contribution in [1.29, 1.82) is 0 Å². The first-order chi connectivity index (χ1) is 19.0. The molecule has 210 valence electrons. The number of benzene rings is 2. The molecule has 4 rings (SSSR count). The second-order valence-corrected chi connectivity index (χ2v) is 9.01. The number of rotatable bonds is 10. The van der Waals surface area contributed by atoms with Crippen LogP contribution in [0.2, 0.25) is 0 Å². The van der Waals surface area contributed by atoms with Crippen molar-refractivity contribution in [2.24, 2.45) is 0 Å². The van der Waals surface area contributed by atoms with Gasteiger partial charge in [0.15, 0.2) is 5.82 Å². The molecule has 0 spiro atoms. The molecule has 0 radical (unpaired) electrons. The van der Waals surface area contributed by atoms with E-state index < -0.39 is 42.3 Å². The lowest BCUT2D eigenvalue weighted by Gasteiger charge is -2.16. The molecular weight excluding hydrogens is 558 g/mol. The molecule has 40 heavy (non-hydrogen) atoms. The second-order valence-electron chi connectivity index (χ2n) is 8.26. The number of carbonyl (C=O) groups excluding carboxylic acids is 1. The predicted molar refractivity (Wildman–Crippen MR) is 138 cm³/mol. The Hall–Kier alpha value is -4.25. The Morgan fingerprint density at radius 3 is 2.42 bits per heavy atom. The van der Waals surface area contributed by atoms with Crippen LogP contribution in [0.5, 0.6) is 0 Å². The molecule has 6 N–H and O–H groups in total. The SMILES string of the molecule is O=C(Nc1nc(-c2ccc(F)c(C(F)(F)F)c2)ns1)c1ccc(Nc2cc(NCC(O)C(O)CO)ncn2)cc1. The molecule has 2 unspecified atom stereocenters. The summed E-state index contributed by atoms with van der Waals surface area (Å²) in [6.45, 7) is -0.645. The number of aliphatic hydroxyl groups excluding tert-OH is 3. The lowest BCUT2D eigenvalue weighted by atomic mass is 10.1. The van der Waals surface area contributed by atoms with Crippen molar-refractivity contribution in [3.8, 4) is 11.4 Å². The molecule has 0 aliphatic heterocycles. The highest BCUT2D eigenvalue weighted by atomic mass is 32.1. The van der Waals surface area contributed by atoms with Crippen LogP contribution in [0.15, 0.2) is 54.9 Å². The number of anilines is 4. The van der Waals surface area contributed by atoms with Crippen molar-refractivity contribution in [1.82, 2.24) is 19.3 Å². The first kappa shape index (κ1) is 28.8. The molecule has 0 fully saturated rings. The molecule has 0 saturated heterocycles. The third-order valence-corrected chi connectivity index (χ3v) is 6.02. The van der Waals surface area contributed by atoms with Gasteiger partial charge in [-0.3, -0.25) is 10.1 Å². The average Bonchev–Trinajstić information content (AvgIpc) is 3.39. The Morgan fingerprint density at radius 1 is 1.00 bits per heavy atom. The Labute approximate surface area is 227 Å². The number of nitrogens with one attached hydrogen (secondary N) is 3. The van der Waals surface area contributed by atoms with Crippen LogP contribution in [0, 0.1) is 5.82 Å². The zero-order chi connectivity index (χ0) is 28.9. The minimum absolute atomic E-state index is 0.0396. The van der Waals surface area contributed by atoms with Gasteiger partial charge in [0.2, 0.25) is 5.13 Å². The maximum atomic E-state index is 13.6. The number of nitrogens with zero attached hydrogens (tertiary/aromatic N) is 4. The molecule has 0 aliphatic carbocycles. The number of hydrogen-bond acceptors (Lipinski definition) is 11. The highest BCUT2D eigenvalue weighted by molar-refractivity contribution is 7.10. The first-order valence-corrected chi connectivity index (χ1v) is 12.2. The summed E-state index contributed by atoms with van der Waals surface area (Å²) in [5.41, 5.74) is -0.662. The molecule has 16 heteroatoms. The average molecular weight is 580 g/mol. The summed E-state index contributed by atoms with van der Waals surface area (Å²) >= 11 is 0.757. The van der Waals surface area contributed by atoms with Gasteiger partial charge in [-0.25, -0.2) is 14.4 Å². The standard InChI is InChI=1S/C24H21F4N7O4S/c25-16-6-3-13(7-15(16)24(26,27)28)21-33-23(40-35-21)34-22(39)12-1-4-14(5-2-12)32-20-8-19(30-11-31-20)29-9-17(37)18(38)10-36/h1-8,11,17-18,36-38H,9-10H2,(H2,29,30,31,32)(H,33,34,35,39). The molecule has 2 atom stereocenters. The van der Waals surface area contributed by atoms with Gasteiger partial charge in [-0.15, -0.1) is 0 Å². The van der Waals surface area contributed by atoms with Crippen molar-refractivity contribution in [2.45, 2.75) is 18.4 Å². The Balaban J connectivity index is 1.36. The molecule has 0 bridgehead atoms. The van der Waals surface area contributed by atoms with E-state index in [4.69, 9.17) is 5.11 Å². The largest absolute Gasteiger partial charge is 0.419 e. The normalized spacial score (nSPS) is 13.0. The van der Waals surface area contributed by atoms with Gasteiger partial charge in [0.05, 0.1) is 18.3 Å². The van der Waals surface area contributed by atoms with Crippen LogP contribution in [0.25, 0.3) is 11.4 Å². The number of halogens is 4. The fourth-order valence-electron chi connectivity index (χ4n) is 3.28. The van der Waals surface area contributed by atoms with Crippen LogP contribution in [0.4, 0.5) is 40.0 Å². The van der Waals surface area contributed by atoms with E-state index in [1.165, 1.54) is 18.5 Å². The molecule has 2 aromatic carbocycles. The monoisotopic (exact) mass is 579 g/mol. The third kappa shape index (κ3) is 7.23. The van der Waals surface area contributed by atoms with Crippen molar-refractivity contribution in [2.75, 3.05) is 29.1 Å². The quantitative estimate of drug-likeness (QED) is 0.154. The molecule has 1 amide bonds. The fraction of sp³-hybridized carbons (Fsp3) is 0.208. The number of aromatic nitrogens is 4. The molecule has 11 nitrogen and oxygen atoms in total. The maximum Gasteiger partial charge on any atom is 0.419 e. The van der Waals surface area contributed by atoms with Gasteiger partial charge in [0, 0.05) is 41.0 Å². The van der Waals surface area contributed by atoms with Gasteiger partial charge in [-0.2, -0.15) is 22.5 Å². The lowest BCUT2D eigenvalue weighted by molar-refractivity contribution is -0.139. The van der Waals surface area contributed by atoms with Crippen LogP contribution in [-0.2, 0) is 6.18 Å². The topological polar surface area (TPSA) is 165 Å². The molecule has 0 saturated carbocycles. The van der Waals surface area contributed by atoms with Crippen molar-refractivity contribution in [3.63, 3.8) is 0 Å². The number of carbonyl (C=O) groups is 1. The smallest absolute Gasteiger partial charge is 0.394 e. The van der Waals surface area contributed by atoms with Gasteiger partial charge >= 0.3 is 6.18 Å². The molecular formula is C24H21F4N7O4S. The van der Waals surface area contributed by atoms with E-state index in [0.717, 1.165) is 17.6 Å². The van der Waals surface area contributed by atoms with E-state index >= 15 is 0 Å². The summed E-state index contributed by atoms with van der Waals surface area (Å²) in [5, 5.41) is 36.4. The van der Waals surface area contributed by atoms with Crippen molar-refractivity contribution in [3.05, 3.63) is 71.8 Å². The first-order valence-electron chi connectivity index (χ1n) is 11.5. The minimum Gasteiger partial charge on any atom is -0.394 e. The van der Waals surface area contributed by atoms with E-state index in [2.05, 4.69) is 35.3 Å². The van der Waals surface area contributed by atoms with Gasteiger partial charge in [0.25, 0.3) is 5.91 Å². The van der Waals surface area contributed by atoms with E-state index in [9.17, 15) is 32.6 Å². The van der Waals surface area contributed by atoms with Crippen molar-refractivity contribution < 1.29 is 37.7 Å². The molecule has 2 aromatic heterocycles. The second kappa shape index (κ2) is 12.3. The van der Waals surface area contributed by atoms with Gasteiger partial charge < -0.3 is 26.0 Å². The van der Waals surface area contributed by atoms with Gasteiger partial charge in [-0.1, -0.05) is 0 Å². The number of aliphatic hydroxyl groups is 3. The van der Waals surface area contributed by atoms with Crippen LogP contribution in [0.3, 0.4) is 0 Å².